The Bertz CT molecular complexity index is 505. The number of hydrogen-bond donors (Lipinski definition) is 1. The Morgan fingerprint density at radius 3 is 2.12 bits per heavy atom. The number of carbonyl (C=O) groups excluding carboxylic acids is 5. The van der Waals surface area contributed by atoms with Crippen molar-refractivity contribution in [3.63, 3.8) is 0 Å². The molecule has 0 aliphatic carbocycles. The van der Waals surface area contributed by atoms with Crippen LogP contribution in [0, 0.1) is 0 Å². The van der Waals surface area contributed by atoms with Crippen LogP contribution in [-0.4, -0.2) is 65.1 Å². The van der Waals surface area contributed by atoms with Gasteiger partial charge in [0.25, 0.3) is 5.12 Å². The lowest BCUT2D eigenvalue weighted by Gasteiger charge is -2.25. The Labute approximate surface area is 152 Å². The molecule has 0 bridgehead atoms. The minimum atomic E-state index is -0.906. The third-order valence-corrected chi connectivity index (χ3v) is 4.24. The number of Topliss-reactive ketones (excluding diaryl/α,β-unsaturated/α-hetero) is 1. The summed E-state index contributed by atoms with van der Waals surface area (Å²) in [6.45, 7) is 7.91. The normalized spacial score (nSPS) is 11.4. The maximum Gasteiger partial charge on any atom is 0.313 e. The first kappa shape index (κ1) is 23.1. The quantitative estimate of drug-likeness (QED) is 0.319. The molecule has 0 saturated heterocycles. The van der Waals surface area contributed by atoms with Gasteiger partial charge in [-0.1, -0.05) is 18.7 Å². The van der Waals surface area contributed by atoms with Crippen molar-refractivity contribution in [3.05, 3.63) is 0 Å². The minimum Gasteiger partial charge on any atom is -0.466 e. The summed E-state index contributed by atoms with van der Waals surface area (Å²) in [5.74, 6) is -2.37. The van der Waals surface area contributed by atoms with Gasteiger partial charge in [-0.3, -0.25) is 24.0 Å². The van der Waals surface area contributed by atoms with Crippen LogP contribution in [0.1, 0.15) is 40.5 Å². The van der Waals surface area contributed by atoms with Crippen LogP contribution in [0.25, 0.3) is 0 Å². The second-order valence-electron chi connectivity index (χ2n) is 4.99. The highest BCUT2D eigenvalue weighted by atomic mass is 32.2. The molecule has 0 fully saturated rings. The molecule has 0 heterocycles. The summed E-state index contributed by atoms with van der Waals surface area (Å²) < 4.78 is 4.62. The standard InChI is InChI=1S/C16H26N2O6S/c1-5-13(20)17-11(15(22)18(6-2)7-3)10-25-16(23)12(19)9-14(21)24-8-4/h11H,5-10H2,1-4H3,(H,17,20). The van der Waals surface area contributed by atoms with Crippen LogP contribution in [0.2, 0.25) is 0 Å². The molecule has 0 rings (SSSR count). The first-order valence-corrected chi connectivity index (χ1v) is 9.22. The van der Waals surface area contributed by atoms with Crippen molar-refractivity contribution >= 4 is 40.4 Å². The summed E-state index contributed by atoms with van der Waals surface area (Å²) in [6, 6.07) is -0.906. The summed E-state index contributed by atoms with van der Waals surface area (Å²) in [7, 11) is 0. The van der Waals surface area contributed by atoms with Gasteiger partial charge >= 0.3 is 5.97 Å². The van der Waals surface area contributed by atoms with E-state index in [1.807, 2.05) is 0 Å². The Kier molecular flexibility index (Phi) is 11.5. The maximum atomic E-state index is 12.4. The number of amides is 2. The van der Waals surface area contributed by atoms with Crippen molar-refractivity contribution in [1.29, 1.82) is 0 Å². The zero-order chi connectivity index (χ0) is 19.4. The van der Waals surface area contributed by atoms with Gasteiger partial charge in [0.15, 0.2) is 0 Å². The highest BCUT2D eigenvalue weighted by molar-refractivity contribution is 8.15. The van der Waals surface area contributed by atoms with Crippen LogP contribution >= 0.6 is 11.8 Å². The SMILES string of the molecule is CCOC(=O)CC(=O)C(=O)SCC(NC(=O)CC)C(=O)N(CC)CC. The maximum absolute atomic E-state index is 12.4. The molecule has 142 valence electrons. The molecule has 0 aromatic heterocycles. The van der Waals surface area contributed by atoms with Crippen molar-refractivity contribution in [1.82, 2.24) is 10.2 Å². The zero-order valence-electron chi connectivity index (χ0n) is 15.1. The number of esters is 1. The first-order valence-electron chi connectivity index (χ1n) is 8.24. The number of ether oxygens (including phenoxy) is 1. The Hall–Kier alpha value is -1.90. The van der Waals surface area contributed by atoms with Crippen molar-refractivity contribution in [2.75, 3.05) is 25.4 Å². The molecule has 0 radical (unpaired) electrons. The monoisotopic (exact) mass is 374 g/mol. The molecule has 1 atom stereocenters. The molecule has 0 aliphatic heterocycles. The summed E-state index contributed by atoms with van der Waals surface area (Å²) in [6.07, 6.45) is -0.432. The second-order valence-corrected chi connectivity index (χ2v) is 5.98. The van der Waals surface area contributed by atoms with Gasteiger partial charge in [0.1, 0.15) is 12.5 Å². The van der Waals surface area contributed by atoms with Gasteiger partial charge in [-0.2, -0.15) is 0 Å². The molecule has 0 aliphatic rings. The third kappa shape index (κ3) is 8.67. The minimum absolute atomic E-state index is 0.0749. The van der Waals surface area contributed by atoms with E-state index in [0.717, 1.165) is 0 Å². The topological polar surface area (TPSA) is 110 Å². The summed E-state index contributed by atoms with van der Waals surface area (Å²) >= 11 is 0.613. The fraction of sp³-hybridized carbons (Fsp3) is 0.688. The lowest BCUT2D eigenvalue weighted by molar-refractivity contribution is -0.147. The van der Waals surface area contributed by atoms with E-state index in [1.54, 1.807) is 27.7 Å². The van der Waals surface area contributed by atoms with Crippen LogP contribution in [0.3, 0.4) is 0 Å². The van der Waals surface area contributed by atoms with Crippen LogP contribution in [-0.2, 0) is 28.7 Å². The Balaban J connectivity index is 4.82. The fourth-order valence-electron chi connectivity index (χ4n) is 1.88. The van der Waals surface area contributed by atoms with Crippen molar-refractivity contribution in [2.24, 2.45) is 0 Å². The van der Waals surface area contributed by atoms with Gasteiger partial charge in [0.05, 0.1) is 6.61 Å². The molecule has 0 spiro atoms. The number of rotatable bonds is 11. The van der Waals surface area contributed by atoms with E-state index in [-0.39, 0.29) is 30.6 Å². The molecule has 1 N–H and O–H groups in total. The molecule has 2 amide bonds. The molecule has 0 saturated carbocycles. The number of nitrogens with zero attached hydrogens (tertiary/aromatic N) is 1. The molecule has 0 aromatic carbocycles. The number of likely N-dealkylation sites (N-methyl/N-ethyl adjacent to an activating group) is 1. The molecule has 8 nitrogen and oxygen atoms in total. The molecule has 25 heavy (non-hydrogen) atoms. The molecular weight excluding hydrogens is 348 g/mol. The van der Waals surface area contributed by atoms with Gasteiger partial charge in [0, 0.05) is 25.3 Å². The van der Waals surface area contributed by atoms with Crippen LogP contribution in [0.4, 0.5) is 0 Å². The van der Waals surface area contributed by atoms with E-state index in [4.69, 9.17) is 0 Å². The van der Waals surface area contributed by atoms with Gasteiger partial charge in [0.2, 0.25) is 17.6 Å². The molecule has 9 heteroatoms. The van der Waals surface area contributed by atoms with Crippen LogP contribution in [0.15, 0.2) is 0 Å². The van der Waals surface area contributed by atoms with E-state index in [1.165, 1.54) is 4.90 Å². The number of thioether (sulfide) groups is 1. The molecular formula is C16H26N2O6S. The molecule has 1 unspecified atom stereocenters. The van der Waals surface area contributed by atoms with Gasteiger partial charge in [-0.25, -0.2) is 0 Å². The largest absolute Gasteiger partial charge is 0.466 e. The van der Waals surface area contributed by atoms with E-state index >= 15 is 0 Å². The number of carbonyl (C=O) groups is 5. The van der Waals surface area contributed by atoms with Crippen molar-refractivity contribution in [3.8, 4) is 0 Å². The fourth-order valence-corrected chi connectivity index (χ4v) is 2.66. The highest BCUT2D eigenvalue weighted by Crippen LogP contribution is 2.10. The van der Waals surface area contributed by atoms with E-state index < -0.39 is 29.3 Å². The number of nitrogens with one attached hydrogen (secondary N) is 1. The van der Waals surface area contributed by atoms with E-state index in [9.17, 15) is 24.0 Å². The lowest BCUT2D eigenvalue weighted by Crippen LogP contribution is -2.50. The zero-order valence-corrected chi connectivity index (χ0v) is 15.9. The Morgan fingerprint density at radius 2 is 1.64 bits per heavy atom. The van der Waals surface area contributed by atoms with Gasteiger partial charge < -0.3 is 15.0 Å². The lowest BCUT2D eigenvalue weighted by atomic mass is 10.2. The average molecular weight is 374 g/mol. The van der Waals surface area contributed by atoms with Gasteiger partial charge in [-0.15, -0.1) is 0 Å². The second kappa shape index (κ2) is 12.5. The van der Waals surface area contributed by atoms with E-state index in [2.05, 4.69) is 10.1 Å². The van der Waals surface area contributed by atoms with Crippen LogP contribution < -0.4 is 5.32 Å². The average Bonchev–Trinajstić information content (AvgIpc) is 2.58. The van der Waals surface area contributed by atoms with Crippen molar-refractivity contribution in [2.45, 2.75) is 46.6 Å². The predicted molar refractivity (Wildman–Crippen MR) is 93.9 cm³/mol. The van der Waals surface area contributed by atoms with Crippen molar-refractivity contribution < 1.29 is 28.7 Å². The smallest absolute Gasteiger partial charge is 0.313 e. The summed E-state index contributed by atoms with van der Waals surface area (Å²) in [4.78, 5) is 60.3. The summed E-state index contributed by atoms with van der Waals surface area (Å²) in [5, 5.41) is 1.73. The third-order valence-electron chi connectivity index (χ3n) is 3.25. The number of hydrogen-bond acceptors (Lipinski definition) is 7. The highest BCUT2D eigenvalue weighted by Gasteiger charge is 2.27. The van der Waals surface area contributed by atoms with Gasteiger partial charge in [-0.05, 0) is 20.8 Å². The molecule has 0 aromatic rings. The summed E-state index contributed by atoms with van der Waals surface area (Å²) in [5.41, 5.74) is 0. The van der Waals surface area contributed by atoms with E-state index in [0.29, 0.717) is 24.9 Å². The number of ketones is 1. The Morgan fingerprint density at radius 1 is 1.04 bits per heavy atom. The van der Waals surface area contributed by atoms with Crippen LogP contribution in [0.5, 0.6) is 0 Å². The first-order chi connectivity index (χ1) is 11.8. The predicted octanol–water partition coefficient (Wildman–Crippen LogP) is 0.532.